The second-order valence-corrected chi connectivity index (χ2v) is 8.30. The molecule has 2 atom stereocenters. The lowest BCUT2D eigenvalue weighted by Gasteiger charge is -2.19. The SMILES string of the molecule is COC[C@H](Cc1ccc(C)cc1)n1c(=N)n([C@H](C)c2ccc(C)cc2)c2cccnc21. The van der Waals surface area contributed by atoms with Crippen LogP contribution >= 0.6 is 0 Å². The summed E-state index contributed by atoms with van der Waals surface area (Å²) in [6.45, 7) is 6.84. The highest BCUT2D eigenvalue weighted by Gasteiger charge is 2.23. The second kappa shape index (κ2) is 8.90. The molecule has 0 aliphatic carbocycles. The van der Waals surface area contributed by atoms with E-state index in [1.165, 1.54) is 22.3 Å². The van der Waals surface area contributed by atoms with E-state index in [0.717, 1.165) is 17.6 Å². The zero-order chi connectivity index (χ0) is 22.0. The summed E-state index contributed by atoms with van der Waals surface area (Å²) in [5.41, 5.74) is 7.10. The fourth-order valence-electron chi connectivity index (χ4n) is 4.24. The molecule has 0 spiro atoms. The number of rotatable bonds is 7. The average Bonchev–Trinajstić information content (AvgIpc) is 3.06. The van der Waals surface area contributed by atoms with Gasteiger partial charge in [0.2, 0.25) is 5.62 Å². The molecule has 5 nitrogen and oxygen atoms in total. The number of aryl methyl sites for hydroxylation is 2. The Kier molecular flexibility index (Phi) is 6.05. The molecule has 4 aromatic rings. The van der Waals surface area contributed by atoms with E-state index in [9.17, 15) is 0 Å². The van der Waals surface area contributed by atoms with Gasteiger partial charge in [0.15, 0.2) is 5.65 Å². The summed E-state index contributed by atoms with van der Waals surface area (Å²) in [6, 6.07) is 21.1. The lowest BCUT2D eigenvalue weighted by molar-refractivity contribution is 0.153. The van der Waals surface area contributed by atoms with Gasteiger partial charge in [0.25, 0.3) is 0 Å². The summed E-state index contributed by atoms with van der Waals surface area (Å²) in [5, 5.41) is 9.14. The van der Waals surface area contributed by atoms with E-state index in [0.29, 0.717) is 12.2 Å². The quantitative estimate of drug-likeness (QED) is 0.464. The summed E-state index contributed by atoms with van der Waals surface area (Å²) in [7, 11) is 1.72. The summed E-state index contributed by atoms with van der Waals surface area (Å²) in [6.07, 6.45) is 2.58. The monoisotopic (exact) mass is 414 g/mol. The minimum atomic E-state index is -0.0240. The van der Waals surface area contributed by atoms with Gasteiger partial charge in [0.1, 0.15) is 0 Å². The molecule has 160 valence electrons. The molecular weight excluding hydrogens is 384 g/mol. The molecule has 31 heavy (non-hydrogen) atoms. The van der Waals surface area contributed by atoms with Crippen LogP contribution in [0.1, 0.15) is 41.3 Å². The minimum absolute atomic E-state index is 0.0172. The Morgan fingerprint density at radius 1 is 0.935 bits per heavy atom. The van der Waals surface area contributed by atoms with Gasteiger partial charge in [-0.2, -0.15) is 0 Å². The van der Waals surface area contributed by atoms with Crippen LogP contribution in [0.15, 0.2) is 66.9 Å². The predicted octanol–water partition coefficient (Wildman–Crippen LogP) is 4.97. The molecule has 0 aliphatic heterocycles. The number of benzene rings is 2. The highest BCUT2D eigenvalue weighted by atomic mass is 16.5. The Hall–Kier alpha value is -3.18. The van der Waals surface area contributed by atoms with Gasteiger partial charge < -0.3 is 9.30 Å². The van der Waals surface area contributed by atoms with Crippen molar-refractivity contribution in [1.29, 1.82) is 5.41 Å². The predicted molar refractivity (Wildman–Crippen MR) is 124 cm³/mol. The van der Waals surface area contributed by atoms with Crippen molar-refractivity contribution in [2.24, 2.45) is 0 Å². The van der Waals surface area contributed by atoms with Gasteiger partial charge in [-0.15, -0.1) is 0 Å². The highest BCUT2D eigenvalue weighted by molar-refractivity contribution is 5.72. The van der Waals surface area contributed by atoms with Crippen molar-refractivity contribution in [3.63, 3.8) is 0 Å². The second-order valence-electron chi connectivity index (χ2n) is 8.30. The van der Waals surface area contributed by atoms with Crippen LogP contribution in [0.4, 0.5) is 0 Å². The third kappa shape index (κ3) is 4.19. The minimum Gasteiger partial charge on any atom is -0.383 e. The van der Waals surface area contributed by atoms with Gasteiger partial charge in [-0.1, -0.05) is 59.7 Å². The van der Waals surface area contributed by atoms with Gasteiger partial charge in [-0.05, 0) is 50.5 Å². The number of fused-ring (bicyclic) bond motifs is 1. The standard InChI is InChI=1S/C26H30N4O/c1-18-7-11-21(12-8-18)16-23(17-31-4)30-25-24(6-5-15-28-25)29(26(30)27)20(3)22-13-9-19(2)10-14-22/h5-15,20,23,27H,16-17H2,1-4H3/t20-,23+/m1/s1. The average molecular weight is 415 g/mol. The Morgan fingerprint density at radius 2 is 1.58 bits per heavy atom. The molecule has 0 saturated carbocycles. The smallest absolute Gasteiger partial charge is 0.205 e. The largest absolute Gasteiger partial charge is 0.383 e. The van der Waals surface area contributed by atoms with Gasteiger partial charge in [-0.25, -0.2) is 4.98 Å². The molecule has 0 bridgehead atoms. The van der Waals surface area contributed by atoms with E-state index in [-0.39, 0.29) is 12.1 Å². The molecule has 2 aromatic carbocycles. The number of pyridine rings is 1. The number of methoxy groups -OCH3 is 1. The number of aromatic nitrogens is 3. The van der Waals surface area contributed by atoms with E-state index >= 15 is 0 Å². The number of hydrogen-bond acceptors (Lipinski definition) is 3. The van der Waals surface area contributed by atoms with Crippen molar-refractivity contribution in [2.75, 3.05) is 13.7 Å². The number of nitrogens with one attached hydrogen (secondary N) is 1. The fourth-order valence-corrected chi connectivity index (χ4v) is 4.24. The maximum Gasteiger partial charge on any atom is 0.205 e. The molecule has 5 heteroatoms. The van der Waals surface area contributed by atoms with Crippen LogP contribution in [0.3, 0.4) is 0 Å². The fraction of sp³-hybridized carbons (Fsp3) is 0.308. The normalized spacial score (nSPS) is 13.4. The van der Waals surface area contributed by atoms with E-state index in [1.807, 2.05) is 10.6 Å². The van der Waals surface area contributed by atoms with Crippen LogP contribution in [0.5, 0.6) is 0 Å². The Labute approximate surface area is 183 Å². The molecule has 0 fully saturated rings. The Morgan fingerprint density at radius 3 is 2.23 bits per heavy atom. The zero-order valence-electron chi connectivity index (χ0n) is 18.7. The third-order valence-corrected chi connectivity index (χ3v) is 5.97. The first kappa shape index (κ1) is 21.1. The highest BCUT2D eigenvalue weighted by Crippen LogP contribution is 2.25. The van der Waals surface area contributed by atoms with Crippen LogP contribution < -0.4 is 5.62 Å². The summed E-state index contributed by atoms with van der Waals surface area (Å²) in [4.78, 5) is 4.68. The van der Waals surface area contributed by atoms with Crippen LogP contribution in [-0.4, -0.2) is 27.8 Å². The van der Waals surface area contributed by atoms with Gasteiger partial charge in [0.05, 0.1) is 24.2 Å². The molecule has 4 rings (SSSR count). The van der Waals surface area contributed by atoms with E-state index in [4.69, 9.17) is 10.1 Å². The van der Waals surface area contributed by atoms with Crippen LogP contribution in [0.2, 0.25) is 0 Å². The van der Waals surface area contributed by atoms with Crippen LogP contribution in [0, 0.1) is 19.3 Å². The maximum absolute atomic E-state index is 9.14. The summed E-state index contributed by atoms with van der Waals surface area (Å²) < 4.78 is 9.69. The lowest BCUT2D eigenvalue weighted by atomic mass is 10.0. The Balaban J connectivity index is 1.83. The molecule has 2 aromatic heterocycles. The molecule has 0 radical (unpaired) electrons. The molecule has 2 heterocycles. The van der Waals surface area contributed by atoms with E-state index in [1.54, 1.807) is 13.3 Å². The first-order chi connectivity index (χ1) is 15.0. The van der Waals surface area contributed by atoms with E-state index in [2.05, 4.69) is 84.9 Å². The van der Waals surface area contributed by atoms with Crippen molar-refractivity contribution in [3.05, 3.63) is 94.7 Å². The van der Waals surface area contributed by atoms with Crippen LogP contribution in [-0.2, 0) is 11.2 Å². The van der Waals surface area contributed by atoms with Gasteiger partial charge >= 0.3 is 0 Å². The molecule has 0 saturated heterocycles. The zero-order valence-corrected chi connectivity index (χ0v) is 18.7. The molecule has 0 unspecified atom stereocenters. The van der Waals surface area contributed by atoms with Crippen molar-refractivity contribution in [3.8, 4) is 0 Å². The number of hydrogen-bond donors (Lipinski definition) is 1. The van der Waals surface area contributed by atoms with Gasteiger partial charge in [0, 0.05) is 13.3 Å². The van der Waals surface area contributed by atoms with Crippen molar-refractivity contribution >= 4 is 11.2 Å². The van der Waals surface area contributed by atoms with Crippen molar-refractivity contribution in [2.45, 2.75) is 39.3 Å². The maximum atomic E-state index is 9.14. The first-order valence-corrected chi connectivity index (χ1v) is 10.7. The lowest BCUT2D eigenvalue weighted by Crippen LogP contribution is -2.32. The molecular formula is C26H30N4O. The number of nitrogens with zero attached hydrogens (tertiary/aromatic N) is 3. The molecule has 0 amide bonds. The first-order valence-electron chi connectivity index (χ1n) is 10.7. The topological polar surface area (TPSA) is 55.8 Å². The Bertz CT molecular complexity index is 1220. The number of ether oxygens (including phenoxy) is 1. The summed E-state index contributed by atoms with van der Waals surface area (Å²) >= 11 is 0. The summed E-state index contributed by atoms with van der Waals surface area (Å²) in [5.74, 6) is 0. The van der Waals surface area contributed by atoms with Crippen LogP contribution in [0.25, 0.3) is 11.2 Å². The molecule has 0 aliphatic rings. The van der Waals surface area contributed by atoms with Crippen molar-refractivity contribution < 1.29 is 4.74 Å². The third-order valence-electron chi connectivity index (χ3n) is 5.97. The van der Waals surface area contributed by atoms with Gasteiger partial charge in [-0.3, -0.25) is 9.98 Å². The van der Waals surface area contributed by atoms with Crippen molar-refractivity contribution in [1.82, 2.24) is 14.1 Å². The number of imidazole rings is 1. The van der Waals surface area contributed by atoms with E-state index < -0.39 is 0 Å². The molecule has 1 N–H and O–H groups in total.